The summed E-state index contributed by atoms with van der Waals surface area (Å²) in [4.78, 5) is 26.9. The standard InChI is InChI=1S/C19H16ClN3O4/c20-12-5-1-2-7-15(12)23-9-3-6-13(19(23)25)21-18(24)14-11-17(27-22-14)16-8-4-10-26-16/h1-2,4-5,7-8,10-11,13H,3,6,9H2,(H,21,24). The minimum absolute atomic E-state index is 0.0871. The molecule has 1 fully saturated rings. The average molecular weight is 386 g/mol. The molecular formula is C19H16ClN3O4. The van der Waals surface area contributed by atoms with E-state index in [-0.39, 0.29) is 11.6 Å². The first-order chi connectivity index (χ1) is 13.1. The van der Waals surface area contributed by atoms with Crippen molar-refractivity contribution in [3.63, 3.8) is 0 Å². The lowest BCUT2D eigenvalue weighted by Gasteiger charge is -2.33. The molecule has 138 valence electrons. The molecule has 0 spiro atoms. The van der Waals surface area contributed by atoms with E-state index in [9.17, 15) is 9.59 Å². The second-order valence-electron chi connectivity index (χ2n) is 6.16. The Bertz CT molecular complexity index is 967. The Labute approximate surface area is 159 Å². The van der Waals surface area contributed by atoms with Gasteiger partial charge in [0.25, 0.3) is 5.91 Å². The Balaban J connectivity index is 1.48. The van der Waals surface area contributed by atoms with Crippen LogP contribution in [0.15, 0.2) is 57.7 Å². The van der Waals surface area contributed by atoms with Crippen LogP contribution in [0.4, 0.5) is 5.69 Å². The molecule has 2 amide bonds. The summed E-state index contributed by atoms with van der Waals surface area (Å²) < 4.78 is 10.4. The fraction of sp³-hybridized carbons (Fsp3) is 0.211. The van der Waals surface area contributed by atoms with Crippen molar-refractivity contribution in [1.29, 1.82) is 0 Å². The van der Waals surface area contributed by atoms with Crippen molar-refractivity contribution >= 4 is 29.1 Å². The number of nitrogens with zero attached hydrogens (tertiary/aromatic N) is 2. The number of furan rings is 1. The lowest BCUT2D eigenvalue weighted by molar-refractivity contribution is -0.121. The zero-order chi connectivity index (χ0) is 18.8. The second kappa shape index (κ2) is 7.28. The van der Waals surface area contributed by atoms with Crippen LogP contribution in [0.3, 0.4) is 0 Å². The summed E-state index contributed by atoms with van der Waals surface area (Å²) >= 11 is 6.21. The third-order valence-electron chi connectivity index (χ3n) is 4.39. The first-order valence-electron chi connectivity index (χ1n) is 8.51. The zero-order valence-electron chi connectivity index (χ0n) is 14.2. The van der Waals surface area contributed by atoms with E-state index in [0.29, 0.717) is 35.2 Å². The number of hydrogen-bond acceptors (Lipinski definition) is 5. The summed E-state index contributed by atoms with van der Waals surface area (Å²) in [7, 11) is 0. The maximum absolute atomic E-state index is 12.8. The summed E-state index contributed by atoms with van der Waals surface area (Å²) in [5, 5.41) is 6.99. The van der Waals surface area contributed by atoms with Crippen LogP contribution in [0.2, 0.25) is 5.02 Å². The Kier molecular flexibility index (Phi) is 4.68. The maximum Gasteiger partial charge on any atom is 0.274 e. The molecule has 1 N–H and O–H groups in total. The number of rotatable bonds is 4. The Morgan fingerprint density at radius 3 is 2.85 bits per heavy atom. The number of hydrogen-bond donors (Lipinski definition) is 1. The van der Waals surface area contributed by atoms with Crippen molar-refractivity contribution in [2.45, 2.75) is 18.9 Å². The summed E-state index contributed by atoms with van der Waals surface area (Å²) in [5.41, 5.74) is 0.730. The van der Waals surface area contributed by atoms with Crippen molar-refractivity contribution in [3.05, 3.63) is 59.4 Å². The van der Waals surface area contributed by atoms with Gasteiger partial charge in [-0.3, -0.25) is 9.59 Å². The summed E-state index contributed by atoms with van der Waals surface area (Å²) in [6.45, 7) is 0.557. The highest BCUT2D eigenvalue weighted by Gasteiger charge is 2.32. The van der Waals surface area contributed by atoms with Crippen LogP contribution in [0.1, 0.15) is 23.3 Å². The number of benzene rings is 1. The second-order valence-corrected chi connectivity index (χ2v) is 6.57. The van der Waals surface area contributed by atoms with Gasteiger partial charge in [0.05, 0.1) is 17.0 Å². The fourth-order valence-electron chi connectivity index (χ4n) is 3.07. The van der Waals surface area contributed by atoms with Crippen molar-refractivity contribution in [1.82, 2.24) is 10.5 Å². The fourth-order valence-corrected chi connectivity index (χ4v) is 3.31. The zero-order valence-corrected chi connectivity index (χ0v) is 15.0. The molecule has 1 atom stereocenters. The van der Waals surface area contributed by atoms with Crippen LogP contribution in [0, 0.1) is 0 Å². The van der Waals surface area contributed by atoms with Gasteiger partial charge in [0, 0.05) is 12.6 Å². The molecule has 0 saturated carbocycles. The van der Waals surface area contributed by atoms with Crippen molar-refractivity contribution in [2.24, 2.45) is 0 Å². The highest BCUT2D eigenvalue weighted by molar-refractivity contribution is 6.33. The van der Waals surface area contributed by atoms with E-state index in [2.05, 4.69) is 10.5 Å². The van der Waals surface area contributed by atoms with Gasteiger partial charge in [0.15, 0.2) is 11.5 Å². The predicted octanol–water partition coefficient (Wildman–Crippen LogP) is 3.51. The molecule has 1 unspecified atom stereocenters. The highest BCUT2D eigenvalue weighted by atomic mass is 35.5. The summed E-state index contributed by atoms with van der Waals surface area (Å²) in [6.07, 6.45) is 2.80. The molecule has 1 aromatic carbocycles. The van der Waals surface area contributed by atoms with Gasteiger partial charge in [-0.25, -0.2) is 0 Å². The molecule has 3 heterocycles. The topological polar surface area (TPSA) is 88.6 Å². The van der Waals surface area contributed by atoms with Crippen LogP contribution >= 0.6 is 11.6 Å². The summed E-state index contributed by atoms with van der Waals surface area (Å²) in [5.74, 6) is 0.145. The average Bonchev–Trinajstić information content (AvgIpc) is 3.35. The van der Waals surface area contributed by atoms with Crippen LogP contribution < -0.4 is 10.2 Å². The van der Waals surface area contributed by atoms with E-state index in [1.165, 1.54) is 12.3 Å². The number of carbonyl (C=O) groups is 2. The lowest BCUT2D eigenvalue weighted by atomic mass is 10.0. The molecule has 7 nitrogen and oxygen atoms in total. The molecule has 1 saturated heterocycles. The third kappa shape index (κ3) is 3.46. The van der Waals surface area contributed by atoms with Gasteiger partial charge in [-0.2, -0.15) is 0 Å². The van der Waals surface area contributed by atoms with Crippen LogP contribution in [0.25, 0.3) is 11.5 Å². The van der Waals surface area contributed by atoms with Crippen molar-refractivity contribution < 1.29 is 18.5 Å². The van der Waals surface area contributed by atoms with Gasteiger partial charge in [0.1, 0.15) is 6.04 Å². The largest absolute Gasteiger partial charge is 0.461 e. The molecule has 0 bridgehead atoms. The monoisotopic (exact) mass is 385 g/mol. The van der Waals surface area contributed by atoms with Gasteiger partial charge < -0.3 is 19.2 Å². The molecule has 4 rings (SSSR count). The Morgan fingerprint density at radius 2 is 2.07 bits per heavy atom. The Hall–Kier alpha value is -3.06. The molecular weight excluding hydrogens is 370 g/mol. The number of nitrogens with one attached hydrogen (secondary N) is 1. The molecule has 1 aliphatic rings. The summed E-state index contributed by atoms with van der Waals surface area (Å²) in [6, 6.07) is 11.4. The normalized spacial score (nSPS) is 17.1. The molecule has 2 aromatic heterocycles. The van der Waals surface area contributed by atoms with E-state index in [4.69, 9.17) is 20.5 Å². The van der Waals surface area contributed by atoms with E-state index < -0.39 is 11.9 Å². The molecule has 0 radical (unpaired) electrons. The number of aromatic nitrogens is 1. The number of para-hydroxylation sites is 1. The van der Waals surface area contributed by atoms with Gasteiger partial charge in [-0.15, -0.1) is 0 Å². The van der Waals surface area contributed by atoms with Crippen LogP contribution in [-0.2, 0) is 4.79 Å². The minimum Gasteiger partial charge on any atom is -0.461 e. The molecule has 1 aliphatic heterocycles. The first-order valence-corrected chi connectivity index (χ1v) is 8.88. The first kappa shape index (κ1) is 17.4. The quantitative estimate of drug-likeness (QED) is 0.742. The number of halogens is 1. The highest BCUT2D eigenvalue weighted by Crippen LogP contribution is 2.28. The van der Waals surface area contributed by atoms with Gasteiger partial charge in [-0.05, 0) is 37.1 Å². The lowest BCUT2D eigenvalue weighted by Crippen LogP contribution is -2.52. The number of carbonyl (C=O) groups excluding carboxylic acids is 2. The van der Waals surface area contributed by atoms with E-state index >= 15 is 0 Å². The van der Waals surface area contributed by atoms with Crippen LogP contribution in [0.5, 0.6) is 0 Å². The smallest absolute Gasteiger partial charge is 0.274 e. The minimum atomic E-state index is -0.647. The van der Waals surface area contributed by atoms with Gasteiger partial charge in [0.2, 0.25) is 11.7 Å². The van der Waals surface area contributed by atoms with Gasteiger partial charge >= 0.3 is 0 Å². The molecule has 0 aliphatic carbocycles. The SMILES string of the molecule is O=C(NC1CCCN(c2ccccc2Cl)C1=O)c1cc(-c2ccco2)on1. The van der Waals surface area contributed by atoms with Crippen molar-refractivity contribution in [3.8, 4) is 11.5 Å². The third-order valence-corrected chi connectivity index (χ3v) is 4.71. The number of anilines is 1. The van der Waals surface area contributed by atoms with E-state index in [1.54, 1.807) is 35.2 Å². The Morgan fingerprint density at radius 1 is 1.22 bits per heavy atom. The van der Waals surface area contributed by atoms with Gasteiger partial charge in [-0.1, -0.05) is 28.9 Å². The van der Waals surface area contributed by atoms with Crippen LogP contribution in [-0.4, -0.2) is 29.6 Å². The number of piperidine rings is 1. The van der Waals surface area contributed by atoms with Crippen molar-refractivity contribution in [2.75, 3.05) is 11.4 Å². The molecule has 27 heavy (non-hydrogen) atoms. The predicted molar refractivity (Wildman–Crippen MR) is 98.5 cm³/mol. The maximum atomic E-state index is 12.8. The van der Waals surface area contributed by atoms with E-state index in [1.807, 2.05) is 6.07 Å². The van der Waals surface area contributed by atoms with E-state index in [0.717, 1.165) is 6.42 Å². The molecule has 8 heteroatoms. The number of amides is 2. The molecule has 3 aromatic rings.